The van der Waals surface area contributed by atoms with Gasteiger partial charge in [0.1, 0.15) is 0 Å². The summed E-state index contributed by atoms with van der Waals surface area (Å²) in [7, 11) is 0. The van der Waals surface area contributed by atoms with E-state index in [-0.39, 0.29) is 6.61 Å². The number of fused-ring (bicyclic) bond motifs is 1. The maximum absolute atomic E-state index is 9.45. The fourth-order valence-electron chi connectivity index (χ4n) is 3.29. The van der Waals surface area contributed by atoms with Crippen LogP contribution in [0.25, 0.3) is 33.7 Å². The van der Waals surface area contributed by atoms with Gasteiger partial charge in [0.25, 0.3) is 5.89 Å². The van der Waals surface area contributed by atoms with E-state index >= 15 is 0 Å². The highest BCUT2D eigenvalue weighted by Crippen LogP contribution is 2.29. The number of aromatic nitrogens is 3. The van der Waals surface area contributed by atoms with Crippen LogP contribution in [0.15, 0.2) is 53.2 Å². The molecule has 0 unspecified atom stereocenters. The Balaban J connectivity index is 1.73. The van der Waals surface area contributed by atoms with Crippen molar-refractivity contribution in [2.45, 2.75) is 33.4 Å². The second kappa shape index (κ2) is 6.42. The largest absolute Gasteiger partial charge is 0.392 e. The molecule has 0 radical (unpaired) electrons. The van der Waals surface area contributed by atoms with Gasteiger partial charge in [0.15, 0.2) is 0 Å². The van der Waals surface area contributed by atoms with Crippen LogP contribution in [0.2, 0.25) is 0 Å². The van der Waals surface area contributed by atoms with Gasteiger partial charge in [0.05, 0.1) is 6.61 Å². The lowest BCUT2D eigenvalue weighted by atomic mass is 10.0. The topological polar surface area (TPSA) is 64.1 Å². The number of hydrogen-bond donors (Lipinski definition) is 1. The Hall–Kier alpha value is -2.92. The van der Waals surface area contributed by atoms with Crippen molar-refractivity contribution < 1.29 is 9.63 Å². The number of benzene rings is 2. The quantitative estimate of drug-likeness (QED) is 0.579. The minimum atomic E-state index is -0.00606. The first-order valence-corrected chi connectivity index (χ1v) is 8.73. The van der Waals surface area contributed by atoms with Gasteiger partial charge in [-0.05, 0) is 56.2 Å². The van der Waals surface area contributed by atoms with E-state index in [1.54, 1.807) is 0 Å². The second-order valence-electron chi connectivity index (χ2n) is 6.76. The van der Waals surface area contributed by atoms with Crippen molar-refractivity contribution in [2.75, 3.05) is 0 Å². The fourth-order valence-corrected chi connectivity index (χ4v) is 3.29. The third kappa shape index (κ3) is 2.70. The molecule has 0 fully saturated rings. The van der Waals surface area contributed by atoms with Gasteiger partial charge in [-0.2, -0.15) is 4.98 Å². The van der Waals surface area contributed by atoms with Crippen LogP contribution in [0.3, 0.4) is 0 Å². The van der Waals surface area contributed by atoms with Crippen molar-refractivity contribution in [1.82, 2.24) is 14.7 Å². The summed E-state index contributed by atoms with van der Waals surface area (Å²) in [5.41, 5.74) is 4.79. The van der Waals surface area contributed by atoms with E-state index in [0.29, 0.717) is 17.8 Å². The average Bonchev–Trinajstić information content (AvgIpc) is 3.28. The predicted octanol–water partition coefficient (Wildman–Crippen LogP) is 4.74. The van der Waals surface area contributed by atoms with Crippen LogP contribution in [0.4, 0.5) is 0 Å². The minimum absolute atomic E-state index is 0.00606. The van der Waals surface area contributed by atoms with Crippen LogP contribution < -0.4 is 0 Å². The lowest BCUT2D eigenvalue weighted by Gasteiger charge is -2.09. The molecule has 5 heteroatoms. The highest BCUT2D eigenvalue weighted by molar-refractivity contribution is 5.84. The van der Waals surface area contributed by atoms with Crippen molar-refractivity contribution >= 4 is 10.9 Å². The molecule has 2 aromatic carbocycles. The third-order valence-corrected chi connectivity index (χ3v) is 4.81. The summed E-state index contributed by atoms with van der Waals surface area (Å²) in [6.45, 7) is 6.28. The van der Waals surface area contributed by atoms with Gasteiger partial charge >= 0.3 is 0 Å². The van der Waals surface area contributed by atoms with Crippen molar-refractivity contribution in [2.24, 2.45) is 0 Å². The lowest BCUT2D eigenvalue weighted by Crippen LogP contribution is -1.97. The number of aliphatic hydroxyl groups is 1. The van der Waals surface area contributed by atoms with E-state index in [4.69, 9.17) is 4.52 Å². The highest BCUT2D eigenvalue weighted by atomic mass is 16.5. The van der Waals surface area contributed by atoms with Crippen molar-refractivity contribution in [1.29, 1.82) is 0 Å². The Morgan fingerprint density at radius 3 is 2.77 bits per heavy atom. The second-order valence-corrected chi connectivity index (χ2v) is 6.76. The van der Waals surface area contributed by atoms with E-state index < -0.39 is 0 Å². The fraction of sp³-hybridized carbons (Fsp3) is 0.238. The highest BCUT2D eigenvalue weighted by Gasteiger charge is 2.15. The van der Waals surface area contributed by atoms with Crippen LogP contribution in [0.5, 0.6) is 0 Å². The monoisotopic (exact) mass is 347 g/mol. The van der Waals surface area contributed by atoms with Crippen LogP contribution in [-0.4, -0.2) is 19.8 Å². The van der Waals surface area contributed by atoms with Crippen molar-refractivity contribution in [3.05, 3.63) is 59.8 Å². The Labute approximate surface area is 151 Å². The zero-order valence-corrected chi connectivity index (χ0v) is 15.1. The van der Waals surface area contributed by atoms with Gasteiger partial charge in [-0.3, -0.25) is 0 Å². The normalized spacial score (nSPS) is 11.6. The lowest BCUT2D eigenvalue weighted by molar-refractivity contribution is 0.281. The first kappa shape index (κ1) is 16.5. The molecule has 4 rings (SSSR count). The molecule has 5 nitrogen and oxygen atoms in total. The van der Waals surface area contributed by atoms with E-state index in [0.717, 1.165) is 27.6 Å². The molecule has 0 aliphatic rings. The Bertz CT molecular complexity index is 1080. The van der Waals surface area contributed by atoms with E-state index in [1.165, 1.54) is 5.52 Å². The maximum Gasteiger partial charge on any atom is 0.258 e. The molecule has 0 saturated carbocycles. The number of nitrogens with zero attached hydrogens (tertiary/aromatic N) is 3. The average molecular weight is 347 g/mol. The summed E-state index contributed by atoms with van der Waals surface area (Å²) in [6.07, 6.45) is 2.10. The Morgan fingerprint density at radius 1 is 1.15 bits per heavy atom. The molecule has 0 bridgehead atoms. The van der Waals surface area contributed by atoms with Crippen LogP contribution in [0.1, 0.15) is 31.0 Å². The molecule has 2 aromatic heterocycles. The number of rotatable bonds is 4. The summed E-state index contributed by atoms with van der Waals surface area (Å²) in [5.74, 6) is 1.03. The van der Waals surface area contributed by atoms with Gasteiger partial charge in [-0.25, -0.2) is 0 Å². The van der Waals surface area contributed by atoms with Gasteiger partial charge < -0.3 is 14.2 Å². The molecular weight excluding hydrogens is 326 g/mol. The molecule has 0 saturated heterocycles. The Kier molecular flexibility index (Phi) is 4.09. The van der Waals surface area contributed by atoms with Gasteiger partial charge in [0, 0.05) is 34.3 Å². The molecule has 26 heavy (non-hydrogen) atoms. The van der Waals surface area contributed by atoms with Crippen molar-refractivity contribution in [3.8, 4) is 22.8 Å². The van der Waals surface area contributed by atoms with Gasteiger partial charge in [-0.15, -0.1) is 0 Å². The van der Waals surface area contributed by atoms with E-state index in [1.807, 2.05) is 31.2 Å². The summed E-state index contributed by atoms with van der Waals surface area (Å²) in [4.78, 5) is 4.57. The van der Waals surface area contributed by atoms with Gasteiger partial charge in [0.2, 0.25) is 5.82 Å². The molecule has 0 atom stereocenters. The molecule has 0 spiro atoms. The van der Waals surface area contributed by atoms with E-state index in [2.05, 4.69) is 53.0 Å². The van der Waals surface area contributed by atoms with Gasteiger partial charge in [-0.1, -0.05) is 23.4 Å². The number of hydrogen-bond acceptors (Lipinski definition) is 4. The van der Waals surface area contributed by atoms with Crippen LogP contribution >= 0.6 is 0 Å². The zero-order valence-electron chi connectivity index (χ0n) is 15.1. The summed E-state index contributed by atoms with van der Waals surface area (Å²) in [6, 6.07) is 14.4. The third-order valence-electron chi connectivity index (χ3n) is 4.81. The van der Waals surface area contributed by atoms with Crippen molar-refractivity contribution in [3.63, 3.8) is 0 Å². The molecule has 0 amide bonds. The maximum atomic E-state index is 9.45. The Morgan fingerprint density at radius 2 is 2.00 bits per heavy atom. The molecule has 0 aliphatic heterocycles. The minimum Gasteiger partial charge on any atom is -0.392 e. The van der Waals surface area contributed by atoms with Crippen LogP contribution in [-0.2, 0) is 6.61 Å². The predicted molar refractivity (Wildman–Crippen MR) is 102 cm³/mol. The summed E-state index contributed by atoms with van der Waals surface area (Å²) < 4.78 is 7.74. The SMILES string of the molecule is Cc1c(CO)cccc1-c1noc(-c2ccc3c(ccn3C(C)C)c2)n1. The number of aliphatic hydroxyl groups excluding tert-OH is 1. The van der Waals surface area contributed by atoms with Crippen LogP contribution in [0, 0.1) is 6.92 Å². The first-order valence-electron chi connectivity index (χ1n) is 8.73. The molecule has 0 aliphatic carbocycles. The molecule has 1 N–H and O–H groups in total. The molecule has 132 valence electrons. The molecule has 4 aromatic rings. The zero-order chi connectivity index (χ0) is 18.3. The standard InChI is InChI=1S/C21H21N3O2/c1-13(2)24-10-9-15-11-16(7-8-19(15)24)21-22-20(23-26-21)18-6-4-5-17(12-25)14(18)3/h4-11,13,25H,12H2,1-3H3. The summed E-state index contributed by atoms with van der Waals surface area (Å²) in [5, 5.41) is 14.7. The molecular formula is C21H21N3O2. The van der Waals surface area contributed by atoms with E-state index in [9.17, 15) is 5.11 Å². The smallest absolute Gasteiger partial charge is 0.258 e. The summed E-state index contributed by atoms with van der Waals surface area (Å²) >= 11 is 0. The first-order chi connectivity index (χ1) is 12.6. The molecule has 2 heterocycles.